The molecule has 0 radical (unpaired) electrons. The fourth-order valence-electron chi connectivity index (χ4n) is 3.47. The summed E-state index contributed by atoms with van der Waals surface area (Å²) in [6.07, 6.45) is 5.66. The Morgan fingerprint density at radius 2 is 2.04 bits per heavy atom. The van der Waals surface area contributed by atoms with Gasteiger partial charge in [0.05, 0.1) is 18.0 Å². The van der Waals surface area contributed by atoms with E-state index in [2.05, 4.69) is 20.5 Å². The number of aromatic nitrogens is 1. The quantitative estimate of drug-likeness (QED) is 0.797. The van der Waals surface area contributed by atoms with Gasteiger partial charge in [0.15, 0.2) is 0 Å². The number of hydrogen-bond donors (Lipinski definition) is 2. The average molecular weight is 374 g/mol. The number of pyridine rings is 1. The van der Waals surface area contributed by atoms with Crippen molar-refractivity contribution in [3.05, 3.63) is 18.3 Å². The van der Waals surface area contributed by atoms with Gasteiger partial charge in [-0.25, -0.2) is 4.98 Å². The van der Waals surface area contributed by atoms with Crippen LogP contribution in [-0.2, 0) is 14.3 Å². The maximum atomic E-state index is 12.4. The monoisotopic (exact) mass is 374 g/mol. The van der Waals surface area contributed by atoms with E-state index < -0.39 is 0 Å². The number of amides is 2. The normalized spacial score (nSPS) is 20.7. The second-order valence-electron chi connectivity index (χ2n) is 7.69. The molecule has 2 saturated heterocycles. The third kappa shape index (κ3) is 5.42. The first-order valence-electron chi connectivity index (χ1n) is 9.94. The first kappa shape index (κ1) is 19.6. The molecule has 1 unspecified atom stereocenters. The fraction of sp³-hybridized carbons (Fsp3) is 0.650. The van der Waals surface area contributed by atoms with Gasteiger partial charge in [0.1, 0.15) is 5.82 Å². The topological polar surface area (TPSA) is 83.6 Å². The summed E-state index contributed by atoms with van der Waals surface area (Å²) in [5.74, 6) is 1.02. The number of carbonyl (C=O) groups is 2. The molecule has 0 aliphatic carbocycles. The van der Waals surface area contributed by atoms with Gasteiger partial charge in [-0.2, -0.15) is 0 Å². The molecule has 2 amide bonds. The third-order valence-corrected chi connectivity index (χ3v) is 5.26. The molecule has 2 aliphatic rings. The lowest BCUT2D eigenvalue weighted by atomic mass is 9.96. The molecule has 148 valence electrons. The average Bonchev–Trinajstić information content (AvgIpc) is 3.20. The number of carbonyl (C=O) groups excluding carboxylic acids is 2. The van der Waals surface area contributed by atoms with Crippen LogP contribution in [0.1, 0.15) is 39.5 Å². The molecule has 7 heteroatoms. The lowest BCUT2D eigenvalue weighted by Gasteiger charge is -2.32. The zero-order valence-electron chi connectivity index (χ0n) is 16.2. The summed E-state index contributed by atoms with van der Waals surface area (Å²) in [5, 5.41) is 5.89. The van der Waals surface area contributed by atoms with Gasteiger partial charge in [0.2, 0.25) is 11.8 Å². The zero-order valence-corrected chi connectivity index (χ0v) is 16.2. The van der Waals surface area contributed by atoms with Crippen molar-refractivity contribution in [2.45, 2.75) is 45.6 Å². The van der Waals surface area contributed by atoms with Crippen LogP contribution in [0.25, 0.3) is 0 Å². The van der Waals surface area contributed by atoms with Crippen LogP contribution in [0.2, 0.25) is 0 Å². The summed E-state index contributed by atoms with van der Waals surface area (Å²) in [6.45, 7) is 6.78. The van der Waals surface area contributed by atoms with E-state index in [0.717, 1.165) is 51.2 Å². The molecule has 2 fully saturated rings. The van der Waals surface area contributed by atoms with Crippen molar-refractivity contribution in [1.29, 1.82) is 0 Å². The summed E-state index contributed by atoms with van der Waals surface area (Å²) in [7, 11) is 0. The van der Waals surface area contributed by atoms with Crippen LogP contribution in [0.4, 0.5) is 11.5 Å². The SMILES string of the molecule is CC(C)C(=O)Nc1ccc(N2CCC(C(=O)NCC3CCCO3)CC2)nc1. The maximum absolute atomic E-state index is 12.4. The highest BCUT2D eigenvalue weighted by Crippen LogP contribution is 2.23. The Labute approximate surface area is 160 Å². The minimum Gasteiger partial charge on any atom is -0.376 e. The van der Waals surface area contributed by atoms with Gasteiger partial charge in [-0.15, -0.1) is 0 Å². The highest BCUT2D eigenvalue weighted by molar-refractivity contribution is 5.91. The Kier molecular flexibility index (Phi) is 6.66. The van der Waals surface area contributed by atoms with Crippen molar-refractivity contribution in [3.63, 3.8) is 0 Å². The molecule has 1 aromatic heterocycles. The van der Waals surface area contributed by atoms with Crippen LogP contribution in [0, 0.1) is 11.8 Å². The van der Waals surface area contributed by atoms with E-state index in [1.54, 1.807) is 6.20 Å². The summed E-state index contributed by atoms with van der Waals surface area (Å²) < 4.78 is 5.55. The summed E-state index contributed by atoms with van der Waals surface area (Å²) >= 11 is 0. The lowest BCUT2D eigenvalue weighted by molar-refractivity contribution is -0.126. The number of anilines is 2. The minimum absolute atomic E-state index is 0.0145. The number of hydrogen-bond acceptors (Lipinski definition) is 5. The summed E-state index contributed by atoms with van der Waals surface area (Å²) in [4.78, 5) is 30.8. The fourth-order valence-corrected chi connectivity index (χ4v) is 3.47. The van der Waals surface area contributed by atoms with Crippen LogP contribution in [0.15, 0.2) is 18.3 Å². The van der Waals surface area contributed by atoms with Gasteiger partial charge in [0, 0.05) is 38.1 Å². The van der Waals surface area contributed by atoms with E-state index in [1.807, 2.05) is 26.0 Å². The lowest BCUT2D eigenvalue weighted by Crippen LogP contribution is -2.42. The van der Waals surface area contributed by atoms with Gasteiger partial charge >= 0.3 is 0 Å². The van der Waals surface area contributed by atoms with E-state index in [4.69, 9.17) is 4.74 Å². The van der Waals surface area contributed by atoms with Crippen molar-refractivity contribution in [3.8, 4) is 0 Å². The van der Waals surface area contributed by atoms with E-state index >= 15 is 0 Å². The Bertz CT molecular complexity index is 633. The molecule has 1 aromatic rings. The third-order valence-electron chi connectivity index (χ3n) is 5.26. The summed E-state index contributed by atoms with van der Waals surface area (Å²) in [5.41, 5.74) is 0.709. The van der Waals surface area contributed by atoms with Gasteiger partial charge in [-0.3, -0.25) is 9.59 Å². The first-order chi connectivity index (χ1) is 13.0. The molecule has 2 aliphatic heterocycles. The molecular formula is C20H30N4O3. The molecule has 7 nitrogen and oxygen atoms in total. The second-order valence-corrected chi connectivity index (χ2v) is 7.69. The minimum atomic E-state index is -0.0601. The standard InChI is InChI=1S/C20H30N4O3/c1-14(2)19(25)23-16-5-6-18(21-12-16)24-9-7-15(8-10-24)20(26)22-13-17-4-3-11-27-17/h5-6,12,14-15,17H,3-4,7-11,13H2,1-2H3,(H,22,26)(H,23,25). The van der Waals surface area contributed by atoms with Gasteiger partial charge in [-0.05, 0) is 37.8 Å². The number of rotatable bonds is 6. The second kappa shape index (κ2) is 9.17. The van der Waals surface area contributed by atoms with Crippen molar-refractivity contribution < 1.29 is 14.3 Å². The highest BCUT2D eigenvalue weighted by Gasteiger charge is 2.26. The Balaban J connectivity index is 1.44. The van der Waals surface area contributed by atoms with E-state index in [1.165, 1.54) is 0 Å². The molecule has 0 aromatic carbocycles. The molecule has 1 atom stereocenters. The largest absolute Gasteiger partial charge is 0.376 e. The Morgan fingerprint density at radius 1 is 1.26 bits per heavy atom. The molecule has 3 rings (SSSR count). The predicted octanol–water partition coefficient (Wildman–Crippen LogP) is 2.19. The molecule has 0 bridgehead atoms. The van der Waals surface area contributed by atoms with Crippen LogP contribution >= 0.6 is 0 Å². The predicted molar refractivity (Wildman–Crippen MR) is 105 cm³/mol. The van der Waals surface area contributed by atoms with Crippen LogP contribution < -0.4 is 15.5 Å². The first-order valence-corrected chi connectivity index (χ1v) is 9.94. The number of piperidine rings is 1. The van der Waals surface area contributed by atoms with Crippen LogP contribution in [0.5, 0.6) is 0 Å². The molecule has 3 heterocycles. The molecule has 2 N–H and O–H groups in total. The maximum Gasteiger partial charge on any atom is 0.226 e. The summed E-state index contributed by atoms with van der Waals surface area (Å²) in [6, 6.07) is 3.80. The Hall–Kier alpha value is -2.15. The van der Waals surface area contributed by atoms with E-state index in [9.17, 15) is 9.59 Å². The molecule has 27 heavy (non-hydrogen) atoms. The smallest absolute Gasteiger partial charge is 0.226 e. The Morgan fingerprint density at radius 3 is 2.63 bits per heavy atom. The van der Waals surface area contributed by atoms with Gasteiger partial charge in [0.25, 0.3) is 0 Å². The van der Waals surface area contributed by atoms with Crippen molar-refractivity contribution in [1.82, 2.24) is 10.3 Å². The van der Waals surface area contributed by atoms with Crippen LogP contribution in [-0.4, -0.2) is 49.1 Å². The number of nitrogens with zero attached hydrogens (tertiary/aromatic N) is 2. The van der Waals surface area contributed by atoms with E-state index in [-0.39, 0.29) is 29.8 Å². The van der Waals surface area contributed by atoms with Crippen molar-refractivity contribution >= 4 is 23.3 Å². The van der Waals surface area contributed by atoms with Gasteiger partial charge < -0.3 is 20.3 Å². The molecular weight excluding hydrogens is 344 g/mol. The van der Waals surface area contributed by atoms with Gasteiger partial charge in [-0.1, -0.05) is 13.8 Å². The van der Waals surface area contributed by atoms with E-state index in [0.29, 0.717) is 12.2 Å². The number of nitrogens with one attached hydrogen (secondary N) is 2. The van der Waals surface area contributed by atoms with Crippen molar-refractivity contribution in [2.75, 3.05) is 36.5 Å². The van der Waals surface area contributed by atoms with Crippen LogP contribution in [0.3, 0.4) is 0 Å². The number of ether oxygens (including phenoxy) is 1. The zero-order chi connectivity index (χ0) is 19.2. The highest BCUT2D eigenvalue weighted by atomic mass is 16.5. The molecule has 0 spiro atoms. The molecule has 0 saturated carbocycles. The van der Waals surface area contributed by atoms with Crippen molar-refractivity contribution in [2.24, 2.45) is 11.8 Å².